The highest BCUT2D eigenvalue weighted by Gasteiger charge is 2.31. The second kappa shape index (κ2) is 5.50. The molecule has 1 aliphatic heterocycles. The van der Waals surface area contributed by atoms with E-state index >= 15 is 0 Å². The molecular formula is C12H15BrN2O3S. The van der Waals surface area contributed by atoms with Gasteiger partial charge in [-0.05, 0) is 47.0 Å². The predicted molar refractivity (Wildman–Crippen MR) is 77.7 cm³/mol. The van der Waals surface area contributed by atoms with Crippen LogP contribution in [0.3, 0.4) is 0 Å². The van der Waals surface area contributed by atoms with Crippen molar-refractivity contribution in [2.75, 3.05) is 18.0 Å². The first-order valence-electron chi connectivity index (χ1n) is 5.95. The number of hydrogen-bond acceptors (Lipinski definition) is 4. The third-order valence-corrected chi connectivity index (χ3v) is 6.21. The maximum absolute atomic E-state index is 11.9. The number of halogens is 1. The second-order valence-electron chi connectivity index (χ2n) is 4.58. The lowest BCUT2D eigenvalue weighted by atomic mass is 10.2. The number of nitrogen functional groups attached to an aromatic ring is 1. The van der Waals surface area contributed by atoms with Gasteiger partial charge in [-0.2, -0.15) is 0 Å². The van der Waals surface area contributed by atoms with Crippen LogP contribution in [0.4, 0.5) is 5.69 Å². The van der Waals surface area contributed by atoms with Crippen LogP contribution >= 0.6 is 15.9 Å². The van der Waals surface area contributed by atoms with Crippen molar-refractivity contribution in [1.29, 1.82) is 0 Å². The van der Waals surface area contributed by atoms with Crippen LogP contribution in [0.5, 0.6) is 0 Å². The van der Waals surface area contributed by atoms with Gasteiger partial charge in [-0.1, -0.05) is 0 Å². The highest BCUT2D eigenvalue weighted by molar-refractivity contribution is 9.10. The van der Waals surface area contributed by atoms with E-state index in [4.69, 9.17) is 5.73 Å². The van der Waals surface area contributed by atoms with Crippen molar-refractivity contribution in [3.63, 3.8) is 0 Å². The summed E-state index contributed by atoms with van der Waals surface area (Å²) >= 11 is 3.25. The Morgan fingerprint density at radius 2 is 2.21 bits per heavy atom. The Labute approximate surface area is 120 Å². The minimum absolute atomic E-state index is 0.164. The summed E-state index contributed by atoms with van der Waals surface area (Å²) in [6.07, 6.45) is 1.29. The Bertz CT molecular complexity index is 601. The lowest BCUT2D eigenvalue weighted by molar-refractivity contribution is 0.0953. The molecule has 2 rings (SSSR count). The molecule has 1 heterocycles. The van der Waals surface area contributed by atoms with Crippen molar-refractivity contribution in [3.05, 3.63) is 28.2 Å². The normalized spacial score (nSPS) is 21.2. The number of rotatable bonds is 3. The number of amides is 1. The molecule has 0 aromatic heterocycles. The number of carbonyl (C=O) groups is 1. The second-order valence-corrected chi connectivity index (χ2v) is 7.83. The number of nitrogens with two attached hydrogens (primary N) is 1. The average Bonchev–Trinajstić information content (AvgIpc) is 2.69. The summed E-state index contributed by atoms with van der Waals surface area (Å²) in [4.78, 5) is 11.9. The molecule has 0 aliphatic carbocycles. The van der Waals surface area contributed by atoms with Crippen LogP contribution in [-0.2, 0) is 9.84 Å². The van der Waals surface area contributed by atoms with Crippen LogP contribution in [0.2, 0.25) is 0 Å². The van der Waals surface area contributed by atoms with Crippen LogP contribution in [0.25, 0.3) is 0 Å². The van der Waals surface area contributed by atoms with Gasteiger partial charge in [0, 0.05) is 22.3 Å². The standard InChI is InChI=1S/C12H15BrN2O3S/c13-10-4-3-8(6-11(10)14)12(16)15-7-9-2-1-5-19(9,17)18/h3-4,6,9H,1-2,5,7,14H2,(H,15,16). The van der Waals surface area contributed by atoms with Gasteiger partial charge in [-0.3, -0.25) is 4.79 Å². The number of sulfone groups is 1. The third kappa shape index (κ3) is 3.27. The molecule has 0 spiro atoms. The summed E-state index contributed by atoms with van der Waals surface area (Å²) in [5, 5.41) is 2.20. The smallest absolute Gasteiger partial charge is 0.251 e. The van der Waals surface area contributed by atoms with E-state index in [9.17, 15) is 13.2 Å². The Morgan fingerprint density at radius 3 is 2.79 bits per heavy atom. The topological polar surface area (TPSA) is 89.3 Å². The van der Waals surface area contributed by atoms with Gasteiger partial charge in [-0.25, -0.2) is 8.42 Å². The minimum Gasteiger partial charge on any atom is -0.398 e. The monoisotopic (exact) mass is 346 g/mol. The third-order valence-electron chi connectivity index (χ3n) is 3.21. The molecule has 1 atom stereocenters. The van der Waals surface area contributed by atoms with Crippen LogP contribution in [0.15, 0.2) is 22.7 Å². The maximum Gasteiger partial charge on any atom is 0.251 e. The van der Waals surface area contributed by atoms with Crippen LogP contribution < -0.4 is 11.1 Å². The molecular weight excluding hydrogens is 332 g/mol. The number of anilines is 1. The first-order valence-corrected chi connectivity index (χ1v) is 8.46. The van der Waals surface area contributed by atoms with Crippen LogP contribution in [0.1, 0.15) is 23.2 Å². The highest BCUT2D eigenvalue weighted by atomic mass is 79.9. The van der Waals surface area contributed by atoms with Crippen molar-refractivity contribution in [2.24, 2.45) is 0 Å². The zero-order valence-corrected chi connectivity index (χ0v) is 12.6. The Hall–Kier alpha value is -1.08. The molecule has 0 saturated carbocycles. The molecule has 19 heavy (non-hydrogen) atoms. The molecule has 1 amide bonds. The Balaban J connectivity index is 2.00. The fourth-order valence-electron chi connectivity index (χ4n) is 2.08. The van der Waals surface area contributed by atoms with E-state index in [-0.39, 0.29) is 18.2 Å². The fraction of sp³-hybridized carbons (Fsp3) is 0.417. The van der Waals surface area contributed by atoms with Crippen molar-refractivity contribution in [2.45, 2.75) is 18.1 Å². The van der Waals surface area contributed by atoms with Gasteiger partial charge in [0.2, 0.25) is 0 Å². The molecule has 7 heteroatoms. The molecule has 3 N–H and O–H groups in total. The number of benzene rings is 1. The molecule has 1 unspecified atom stereocenters. The summed E-state index contributed by atoms with van der Waals surface area (Å²) in [5.74, 6) is -0.0834. The summed E-state index contributed by atoms with van der Waals surface area (Å²) in [5.41, 5.74) is 6.60. The maximum atomic E-state index is 11.9. The van der Waals surface area contributed by atoms with Gasteiger partial charge in [-0.15, -0.1) is 0 Å². The molecule has 5 nitrogen and oxygen atoms in total. The molecule has 1 aromatic carbocycles. The summed E-state index contributed by atoms with van der Waals surface area (Å²) in [7, 11) is -3.03. The Morgan fingerprint density at radius 1 is 1.47 bits per heavy atom. The summed E-state index contributed by atoms with van der Waals surface area (Å²) in [6.45, 7) is 0.164. The molecule has 0 radical (unpaired) electrons. The van der Waals surface area contributed by atoms with Gasteiger partial charge in [0.05, 0.1) is 11.0 Å². The van der Waals surface area contributed by atoms with Gasteiger partial charge in [0.15, 0.2) is 9.84 Å². The Kier molecular flexibility index (Phi) is 4.15. The van der Waals surface area contributed by atoms with Crippen molar-refractivity contribution in [1.82, 2.24) is 5.32 Å². The van der Waals surface area contributed by atoms with Gasteiger partial charge in [0.1, 0.15) is 0 Å². The molecule has 1 aromatic rings. The highest BCUT2D eigenvalue weighted by Crippen LogP contribution is 2.21. The lowest BCUT2D eigenvalue weighted by Gasteiger charge is -2.11. The van der Waals surface area contributed by atoms with E-state index < -0.39 is 15.1 Å². The quantitative estimate of drug-likeness (QED) is 0.808. The van der Waals surface area contributed by atoms with E-state index in [0.29, 0.717) is 24.1 Å². The SMILES string of the molecule is Nc1cc(C(=O)NCC2CCCS2(=O)=O)ccc1Br. The molecule has 1 fully saturated rings. The van der Waals surface area contributed by atoms with Crippen molar-refractivity contribution < 1.29 is 13.2 Å². The van der Waals surface area contributed by atoms with E-state index in [1.54, 1.807) is 18.2 Å². The van der Waals surface area contributed by atoms with Gasteiger partial charge >= 0.3 is 0 Å². The van der Waals surface area contributed by atoms with E-state index in [0.717, 1.165) is 4.47 Å². The van der Waals surface area contributed by atoms with Gasteiger partial charge < -0.3 is 11.1 Å². The van der Waals surface area contributed by atoms with Crippen molar-refractivity contribution >= 4 is 37.4 Å². The van der Waals surface area contributed by atoms with Crippen molar-refractivity contribution in [3.8, 4) is 0 Å². The molecule has 1 saturated heterocycles. The zero-order chi connectivity index (χ0) is 14.0. The number of carbonyl (C=O) groups excluding carboxylic acids is 1. The molecule has 104 valence electrons. The molecule has 0 bridgehead atoms. The largest absolute Gasteiger partial charge is 0.398 e. The van der Waals surface area contributed by atoms with E-state index in [2.05, 4.69) is 21.2 Å². The lowest BCUT2D eigenvalue weighted by Crippen LogP contribution is -2.34. The van der Waals surface area contributed by atoms with Crippen LogP contribution in [-0.4, -0.2) is 31.9 Å². The van der Waals surface area contributed by atoms with E-state index in [1.165, 1.54) is 0 Å². The minimum atomic E-state index is -3.03. The van der Waals surface area contributed by atoms with Crippen LogP contribution in [0, 0.1) is 0 Å². The first-order chi connectivity index (χ1) is 8.90. The summed E-state index contributed by atoms with van der Waals surface area (Å²) in [6, 6.07) is 4.89. The zero-order valence-electron chi connectivity index (χ0n) is 10.2. The summed E-state index contributed by atoms with van der Waals surface area (Å²) < 4.78 is 24.0. The fourth-order valence-corrected chi connectivity index (χ4v) is 4.09. The predicted octanol–water partition coefficient (Wildman–Crippen LogP) is 1.34. The van der Waals surface area contributed by atoms with Gasteiger partial charge in [0.25, 0.3) is 5.91 Å². The van der Waals surface area contributed by atoms with E-state index in [1.807, 2.05) is 0 Å². The number of nitrogens with one attached hydrogen (secondary N) is 1. The molecule has 1 aliphatic rings. The first kappa shape index (κ1) is 14.3. The number of hydrogen-bond donors (Lipinski definition) is 2. The average molecular weight is 347 g/mol.